The second-order valence-electron chi connectivity index (χ2n) is 3.58. The molecule has 1 rings (SSSR count). The Kier molecular flexibility index (Phi) is 4.83. The van der Waals surface area contributed by atoms with E-state index in [0.29, 0.717) is 12.7 Å². The van der Waals surface area contributed by atoms with Gasteiger partial charge in [-0.3, -0.25) is 14.9 Å². The van der Waals surface area contributed by atoms with Crippen molar-refractivity contribution >= 4 is 12.0 Å². The van der Waals surface area contributed by atoms with Crippen LogP contribution in [0.3, 0.4) is 0 Å². The van der Waals surface area contributed by atoms with E-state index in [1.165, 1.54) is 13.2 Å². The van der Waals surface area contributed by atoms with Gasteiger partial charge in [-0.15, -0.1) is 0 Å². The second kappa shape index (κ2) is 6.35. The highest BCUT2D eigenvalue weighted by atomic mass is 16.6. The fourth-order valence-electron chi connectivity index (χ4n) is 1.42. The highest BCUT2D eigenvalue weighted by molar-refractivity contribution is 5.83. The Morgan fingerprint density at radius 3 is 2.63 bits per heavy atom. The molecular weight excluding hydrogens is 252 g/mol. The topological polar surface area (TPSA) is 102 Å². The molecule has 0 bridgehead atoms. The molecule has 0 aliphatic carbocycles. The van der Waals surface area contributed by atoms with Crippen LogP contribution < -0.4 is 9.47 Å². The number of rotatable bonds is 6. The predicted octanol–water partition coefficient (Wildman–Crippen LogP) is 2.10. The molecule has 0 radical (unpaired) electrons. The molecule has 1 aromatic carbocycles. The maximum absolute atomic E-state index is 10.8. The van der Waals surface area contributed by atoms with Crippen molar-refractivity contribution in [1.82, 2.24) is 0 Å². The number of nitro benzene ring substituents is 1. The lowest BCUT2D eigenvalue weighted by Crippen LogP contribution is -2.13. The van der Waals surface area contributed by atoms with Crippen LogP contribution in [-0.4, -0.2) is 24.4 Å². The van der Waals surface area contributed by atoms with Gasteiger partial charge < -0.3 is 9.47 Å². The first-order valence-corrected chi connectivity index (χ1v) is 5.45. The Labute approximate surface area is 109 Å². The molecule has 0 saturated carbocycles. The van der Waals surface area contributed by atoms with Gasteiger partial charge in [0.25, 0.3) is 5.69 Å². The summed E-state index contributed by atoms with van der Waals surface area (Å²) in [5.41, 5.74) is -0.502. The lowest BCUT2D eigenvalue weighted by Gasteiger charge is -2.14. The van der Waals surface area contributed by atoms with Crippen LogP contribution in [0.25, 0.3) is 0 Å². The molecule has 0 amide bonds. The van der Waals surface area contributed by atoms with Crippen LogP contribution >= 0.6 is 0 Å². The zero-order valence-corrected chi connectivity index (χ0v) is 10.5. The summed E-state index contributed by atoms with van der Waals surface area (Å²) in [7, 11) is 1.34. The van der Waals surface area contributed by atoms with E-state index in [0.717, 1.165) is 6.07 Å². The zero-order valence-electron chi connectivity index (χ0n) is 10.5. The molecule has 1 unspecified atom stereocenters. The van der Waals surface area contributed by atoms with Gasteiger partial charge in [0.2, 0.25) is 0 Å². The largest absolute Gasteiger partial charge is 0.493 e. The molecule has 0 spiro atoms. The van der Waals surface area contributed by atoms with Crippen molar-refractivity contribution in [3.8, 4) is 17.6 Å². The predicted molar refractivity (Wildman–Crippen MR) is 65.4 cm³/mol. The minimum Gasteiger partial charge on any atom is -0.493 e. The van der Waals surface area contributed by atoms with Gasteiger partial charge in [0.1, 0.15) is 6.07 Å². The third-order valence-corrected chi connectivity index (χ3v) is 2.42. The molecule has 1 aromatic rings. The quantitative estimate of drug-likeness (QED) is 0.443. The average Bonchev–Trinajstić information content (AvgIpc) is 2.43. The Hall–Kier alpha value is -2.62. The fourth-order valence-corrected chi connectivity index (χ4v) is 1.42. The van der Waals surface area contributed by atoms with Gasteiger partial charge in [-0.25, -0.2) is 0 Å². The van der Waals surface area contributed by atoms with Crippen molar-refractivity contribution in [3.63, 3.8) is 0 Å². The highest BCUT2D eigenvalue weighted by Gasteiger charge is 2.21. The van der Waals surface area contributed by atoms with Crippen LogP contribution in [0.5, 0.6) is 11.5 Å². The Morgan fingerprint density at radius 2 is 2.21 bits per heavy atom. The molecular formula is C12H12N2O5. The number of carbonyl (C=O) groups excluding carboxylic acids is 1. The van der Waals surface area contributed by atoms with Gasteiger partial charge in [-0.1, -0.05) is 6.92 Å². The molecule has 0 aliphatic heterocycles. The number of hydrogen-bond donors (Lipinski definition) is 0. The van der Waals surface area contributed by atoms with E-state index in [4.69, 9.17) is 14.7 Å². The van der Waals surface area contributed by atoms with E-state index < -0.39 is 16.7 Å². The van der Waals surface area contributed by atoms with Crippen LogP contribution in [0.15, 0.2) is 12.1 Å². The Morgan fingerprint density at radius 1 is 1.53 bits per heavy atom. The molecule has 7 nitrogen and oxygen atoms in total. The maximum atomic E-state index is 10.8. The molecule has 0 fully saturated rings. The van der Waals surface area contributed by atoms with Gasteiger partial charge in [-0.05, 0) is 6.42 Å². The molecule has 0 aliphatic rings. The van der Waals surface area contributed by atoms with Gasteiger partial charge in [-0.2, -0.15) is 5.26 Å². The van der Waals surface area contributed by atoms with E-state index in [2.05, 4.69) is 0 Å². The molecule has 100 valence electrons. The molecule has 0 heterocycles. The standard InChI is InChI=1S/C12H12N2O5/c1-3-9(6-13)19-12-5-10(14(16)17)8(7-15)4-11(12)18-2/h4-5,7,9H,3H2,1-2H3. The first-order chi connectivity index (χ1) is 9.07. The third-order valence-electron chi connectivity index (χ3n) is 2.42. The summed E-state index contributed by atoms with van der Waals surface area (Å²) >= 11 is 0. The van der Waals surface area contributed by atoms with Crippen LogP contribution in [0.2, 0.25) is 0 Å². The number of nitrogens with zero attached hydrogens (tertiary/aromatic N) is 2. The van der Waals surface area contributed by atoms with Crippen molar-refractivity contribution < 1.29 is 19.2 Å². The molecule has 7 heteroatoms. The van der Waals surface area contributed by atoms with Crippen LogP contribution in [0.1, 0.15) is 23.7 Å². The van der Waals surface area contributed by atoms with Crippen molar-refractivity contribution in [2.45, 2.75) is 19.4 Å². The van der Waals surface area contributed by atoms with E-state index in [9.17, 15) is 14.9 Å². The Balaban J connectivity index is 3.30. The monoisotopic (exact) mass is 264 g/mol. The number of benzene rings is 1. The number of hydrogen-bond acceptors (Lipinski definition) is 6. The summed E-state index contributed by atoms with van der Waals surface area (Å²) in [5.74, 6) is 0.231. The van der Waals surface area contributed by atoms with E-state index >= 15 is 0 Å². The van der Waals surface area contributed by atoms with Gasteiger partial charge in [0.15, 0.2) is 23.9 Å². The molecule has 0 N–H and O–H groups in total. The van der Waals surface area contributed by atoms with E-state index in [-0.39, 0.29) is 17.1 Å². The molecule has 0 saturated heterocycles. The number of nitro groups is 1. The lowest BCUT2D eigenvalue weighted by molar-refractivity contribution is -0.385. The lowest BCUT2D eigenvalue weighted by atomic mass is 10.1. The van der Waals surface area contributed by atoms with Crippen molar-refractivity contribution in [2.24, 2.45) is 0 Å². The van der Waals surface area contributed by atoms with Crippen molar-refractivity contribution in [3.05, 3.63) is 27.8 Å². The van der Waals surface area contributed by atoms with Crippen molar-refractivity contribution in [1.29, 1.82) is 5.26 Å². The van der Waals surface area contributed by atoms with Gasteiger partial charge in [0, 0.05) is 6.07 Å². The van der Waals surface area contributed by atoms with Gasteiger partial charge in [0.05, 0.1) is 23.7 Å². The molecule has 1 atom stereocenters. The zero-order chi connectivity index (χ0) is 14.4. The summed E-state index contributed by atoms with van der Waals surface area (Å²) in [5, 5.41) is 19.7. The summed E-state index contributed by atoms with van der Waals surface area (Å²) in [4.78, 5) is 20.9. The van der Waals surface area contributed by atoms with Crippen LogP contribution in [-0.2, 0) is 0 Å². The van der Waals surface area contributed by atoms with Crippen LogP contribution in [0, 0.1) is 21.4 Å². The SMILES string of the molecule is CCC(C#N)Oc1cc([N+](=O)[O-])c(C=O)cc1OC. The number of methoxy groups -OCH3 is 1. The van der Waals surface area contributed by atoms with Crippen molar-refractivity contribution in [2.75, 3.05) is 7.11 Å². The summed E-state index contributed by atoms with van der Waals surface area (Å²) < 4.78 is 10.3. The number of nitriles is 1. The first-order valence-electron chi connectivity index (χ1n) is 5.45. The molecule has 19 heavy (non-hydrogen) atoms. The number of aldehydes is 1. The summed E-state index contributed by atoms with van der Waals surface area (Å²) in [6.07, 6.45) is 0.0464. The first kappa shape index (κ1) is 14.4. The normalized spacial score (nSPS) is 11.2. The Bertz CT molecular complexity index is 536. The maximum Gasteiger partial charge on any atom is 0.283 e. The van der Waals surface area contributed by atoms with E-state index in [1.54, 1.807) is 6.92 Å². The number of carbonyl (C=O) groups is 1. The smallest absolute Gasteiger partial charge is 0.283 e. The highest BCUT2D eigenvalue weighted by Crippen LogP contribution is 2.34. The van der Waals surface area contributed by atoms with Gasteiger partial charge >= 0.3 is 0 Å². The molecule has 0 aromatic heterocycles. The summed E-state index contributed by atoms with van der Waals surface area (Å²) in [6.45, 7) is 1.74. The second-order valence-corrected chi connectivity index (χ2v) is 3.58. The summed E-state index contributed by atoms with van der Waals surface area (Å²) in [6, 6.07) is 4.21. The van der Waals surface area contributed by atoms with Crippen LogP contribution in [0.4, 0.5) is 5.69 Å². The number of ether oxygens (including phenoxy) is 2. The third kappa shape index (κ3) is 3.19. The minimum absolute atomic E-state index is 0.0631. The fraction of sp³-hybridized carbons (Fsp3) is 0.333. The average molecular weight is 264 g/mol. The van der Waals surface area contributed by atoms with E-state index in [1.807, 2.05) is 6.07 Å². The minimum atomic E-state index is -0.740.